The third-order valence-corrected chi connectivity index (χ3v) is 2.48. The lowest BCUT2D eigenvalue weighted by molar-refractivity contribution is 0.414. The second-order valence-corrected chi connectivity index (χ2v) is 3.66. The molecule has 1 aromatic heterocycles. The van der Waals surface area contributed by atoms with E-state index in [4.69, 9.17) is 4.74 Å². The molecule has 0 aliphatic carbocycles. The predicted octanol–water partition coefficient (Wildman–Crippen LogP) is 1.99. The van der Waals surface area contributed by atoms with Gasteiger partial charge in [0.15, 0.2) is 0 Å². The molecule has 0 fully saturated rings. The molecule has 5 heteroatoms. The maximum absolute atomic E-state index is 5.10. The standard InChI is InChI=1S/C12H16N4O/c1-3-11-14-12(16-15-11)13-8-9-4-6-10(17-2)7-5-9/h4-7H,3,8H2,1-2H3,(H2,13,14,15,16). The Labute approximate surface area is 100 Å². The van der Waals surface area contributed by atoms with Gasteiger partial charge < -0.3 is 10.1 Å². The number of nitrogens with zero attached hydrogens (tertiary/aromatic N) is 2. The number of aromatic amines is 1. The molecule has 90 valence electrons. The van der Waals surface area contributed by atoms with Gasteiger partial charge in [-0.2, -0.15) is 4.98 Å². The molecule has 5 nitrogen and oxygen atoms in total. The van der Waals surface area contributed by atoms with Crippen molar-refractivity contribution < 1.29 is 4.74 Å². The van der Waals surface area contributed by atoms with Crippen molar-refractivity contribution in [2.45, 2.75) is 19.9 Å². The Morgan fingerprint density at radius 2 is 2.06 bits per heavy atom. The number of aromatic nitrogens is 3. The molecule has 2 aromatic rings. The van der Waals surface area contributed by atoms with Gasteiger partial charge in [-0.05, 0) is 17.7 Å². The second kappa shape index (κ2) is 5.34. The highest BCUT2D eigenvalue weighted by molar-refractivity contribution is 5.31. The summed E-state index contributed by atoms with van der Waals surface area (Å²) in [6.45, 7) is 2.73. The number of aryl methyl sites for hydroxylation is 1. The average Bonchev–Trinajstić information content (AvgIpc) is 2.85. The normalized spacial score (nSPS) is 10.2. The second-order valence-electron chi connectivity index (χ2n) is 3.66. The van der Waals surface area contributed by atoms with Gasteiger partial charge in [-0.25, -0.2) is 0 Å². The number of rotatable bonds is 5. The summed E-state index contributed by atoms with van der Waals surface area (Å²) in [5.74, 6) is 2.39. The van der Waals surface area contributed by atoms with E-state index in [2.05, 4.69) is 20.5 Å². The number of ether oxygens (including phenoxy) is 1. The molecule has 0 spiro atoms. The van der Waals surface area contributed by atoms with E-state index in [9.17, 15) is 0 Å². The van der Waals surface area contributed by atoms with Crippen LogP contribution in [0.25, 0.3) is 0 Å². The molecule has 17 heavy (non-hydrogen) atoms. The molecule has 1 aromatic carbocycles. The number of benzene rings is 1. The fourth-order valence-electron chi connectivity index (χ4n) is 1.46. The first-order valence-electron chi connectivity index (χ1n) is 5.60. The van der Waals surface area contributed by atoms with Crippen LogP contribution in [0.5, 0.6) is 5.75 Å². The molecular formula is C12H16N4O. The van der Waals surface area contributed by atoms with Crippen LogP contribution in [-0.2, 0) is 13.0 Å². The molecule has 0 aliphatic heterocycles. The van der Waals surface area contributed by atoms with Gasteiger partial charge in [0.2, 0.25) is 5.95 Å². The van der Waals surface area contributed by atoms with Crippen molar-refractivity contribution in [1.29, 1.82) is 0 Å². The summed E-state index contributed by atoms with van der Waals surface area (Å²) in [6.07, 6.45) is 0.858. The zero-order valence-corrected chi connectivity index (χ0v) is 10.0. The molecule has 0 aliphatic rings. The third kappa shape index (κ3) is 2.96. The quantitative estimate of drug-likeness (QED) is 0.827. The van der Waals surface area contributed by atoms with Gasteiger partial charge in [0.25, 0.3) is 0 Å². The van der Waals surface area contributed by atoms with Crippen molar-refractivity contribution in [3.8, 4) is 5.75 Å². The zero-order chi connectivity index (χ0) is 12.1. The van der Waals surface area contributed by atoms with E-state index in [0.29, 0.717) is 12.5 Å². The monoisotopic (exact) mass is 232 g/mol. The van der Waals surface area contributed by atoms with Crippen molar-refractivity contribution in [2.75, 3.05) is 12.4 Å². The van der Waals surface area contributed by atoms with Crippen molar-refractivity contribution in [2.24, 2.45) is 0 Å². The van der Waals surface area contributed by atoms with Crippen LogP contribution in [-0.4, -0.2) is 22.3 Å². The minimum atomic E-state index is 0.637. The van der Waals surface area contributed by atoms with Gasteiger partial charge >= 0.3 is 0 Å². The lowest BCUT2D eigenvalue weighted by Crippen LogP contribution is -2.01. The molecular weight excluding hydrogens is 216 g/mol. The van der Waals surface area contributed by atoms with E-state index in [-0.39, 0.29) is 0 Å². The van der Waals surface area contributed by atoms with Crippen LogP contribution < -0.4 is 10.1 Å². The van der Waals surface area contributed by atoms with E-state index >= 15 is 0 Å². The first-order chi connectivity index (χ1) is 8.31. The molecule has 0 amide bonds. The molecule has 0 unspecified atom stereocenters. The Balaban J connectivity index is 1.92. The largest absolute Gasteiger partial charge is 0.497 e. The molecule has 2 rings (SSSR count). The number of hydrogen-bond acceptors (Lipinski definition) is 4. The minimum absolute atomic E-state index is 0.637. The number of anilines is 1. The van der Waals surface area contributed by atoms with Crippen LogP contribution in [0.3, 0.4) is 0 Å². The smallest absolute Gasteiger partial charge is 0.242 e. The molecule has 1 heterocycles. The highest BCUT2D eigenvalue weighted by Gasteiger charge is 2.00. The zero-order valence-electron chi connectivity index (χ0n) is 10.0. The summed E-state index contributed by atoms with van der Waals surface area (Å²) >= 11 is 0. The van der Waals surface area contributed by atoms with Crippen molar-refractivity contribution in [3.05, 3.63) is 35.7 Å². The Kier molecular flexibility index (Phi) is 3.59. The van der Waals surface area contributed by atoms with E-state index < -0.39 is 0 Å². The van der Waals surface area contributed by atoms with Gasteiger partial charge in [0, 0.05) is 13.0 Å². The van der Waals surface area contributed by atoms with E-state index in [1.807, 2.05) is 31.2 Å². The van der Waals surface area contributed by atoms with Crippen LogP contribution in [0.2, 0.25) is 0 Å². The molecule has 0 atom stereocenters. The Hall–Kier alpha value is -2.04. The van der Waals surface area contributed by atoms with Crippen molar-refractivity contribution in [3.63, 3.8) is 0 Å². The summed E-state index contributed by atoms with van der Waals surface area (Å²) < 4.78 is 5.10. The van der Waals surface area contributed by atoms with E-state index in [0.717, 1.165) is 23.6 Å². The molecule has 0 saturated carbocycles. The number of hydrogen-bond donors (Lipinski definition) is 2. The van der Waals surface area contributed by atoms with Gasteiger partial charge in [-0.1, -0.05) is 19.1 Å². The first kappa shape index (κ1) is 11.4. The predicted molar refractivity (Wildman–Crippen MR) is 66.1 cm³/mol. The maximum atomic E-state index is 5.10. The van der Waals surface area contributed by atoms with E-state index in [1.165, 1.54) is 0 Å². The SMILES string of the molecule is CCc1nc(NCc2ccc(OC)cc2)n[nH]1. The van der Waals surface area contributed by atoms with Gasteiger partial charge in [0.1, 0.15) is 11.6 Å². The summed E-state index contributed by atoms with van der Waals surface area (Å²) in [5, 5.41) is 10.1. The fraction of sp³-hybridized carbons (Fsp3) is 0.333. The third-order valence-electron chi connectivity index (χ3n) is 2.48. The van der Waals surface area contributed by atoms with Crippen LogP contribution >= 0.6 is 0 Å². The fourth-order valence-corrected chi connectivity index (χ4v) is 1.46. The molecule has 0 radical (unpaired) electrons. The van der Waals surface area contributed by atoms with Crippen molar-refractivity contribution >= 4 is 5.95 Å². The van der Waals surface area contributed by atoms with E-state index in [1.54, 1.807) is 7.11 Å². The Morgan fingerprint density at radius 1 is 1.29 bits per heavy atom. The minimum Gasteiger partial charge on any atom is -0.497 e. The van der Waals surface area contributed by atoms with Crippen LogP contribution in [0.1, 0.15) is 18.3 Å². The summed E-state index contributed by atoms with van der Waals surface area (Å²) in [4.78, 5) is 4.28. The van der Waals surface area contributed by atoms with Crippen molar-refractivity contribution in [1.82, 2.24) is 15.2 Å². The lowest BCUT2D eigenvalue weighted by Gasteiger charge is -2.03. The first-order valence-corrected chi connectivity index (χ1v) is 5.60. The number of methoxy groups -OCH3 is 1. The summed E-state index contributed by atoms with van der Waals surface area (Å²) in [5.41, 5.74) is 1.16. The highest BCUT2D eigenvalue weighted by Crippen LogP contribution is 2.12. The number of nitrogens with one attached hydrogen (secondary N) is 2. The van der Waals surface area contributed by atoms with Gasteiger partial charge in [0.05, 0.1) is 7.11 Å². The average molecular weight is 232 g/mol. The summed E-state index contributed by atoms with van der Waals surface area (Å²) in [7, 11) is 1.66. The number of H-pyrrole nitrogens is 1. The lowest BCUT2D eigenvalue weighted by atomic mass is 10.2. The van der Waals surface area contributed by atoms with Gasteiger partial charge in [-0.3, -0.25) is 5.10 Å². The van der Waals surface area contributed by atoms with Gasteiger partial charge in [-0.15, -0.1) is 5.10 Å². The summed E-state index contributed by atoms with van der Waals surface area (Å²) in [6, 6.07) is 7.90. The highest BCUT2D eigenvalue weighted by atomic mass is 16.5. The van der Waals surface area contributed by atoms with Crippen LogP contribution in [0.15, 0.2) is 24.3 Å². The molecule has 0 saturated heterocycles. The molecule has 0 bridgehead atoms. The Morgan fingerprint density at radius 3 is 2.65 bits per heavy atom. The Bertz CT molecular complexity index is 464. The topological polar surface area (TPSA) is 62.8 Å². The molecule has 2 N–H and O–H groups in total. The van der Waals surface area contributed by atoms with Crippen LogP contribution in [0.4, 0.5) is 5.95 Å². The van der Waals surface area contributed by atoms with Crippen LogP contribution in [0, 0.1) is 0 Å². The maximum Gasteiger partial charge on any atom is 0.242 e.